The van der Waals surface area contributed by atoms with E-state index >= 15 is 0 Å². The van der Waals surface area contributed by atoms with Gasteiger partial charge in [0.05, 0.1) is 25.0 Å². The third-order valence-electron chi connectivity index (χ3n) is 5.76. The lowest BCUT2D eigenvalue weighted by Gasteiger charge is -2.20. The number of para-hydroxylation sites is 1. The molecule has 0 amide bonds. The van der Waals surface area contributed by atoms with E-state index in [1.54, 1.807) is 13.3 Å². The van der Waals surface area contributed by atoms with Gasteiger partial charge in [0.25, 0.3) is 0 Å². The van der Waals surface area contributed by atoms with Crippen molar-refractivity contribution in [2.24, 2.45) is 0 Å². The van der Waals surface area contributed by atoms with Gasteiger partial charge in [-0.1, -0.05) is 55.5 Å². The molecule has 4 rings (SSSR count). The lowest BCUT2D eigenvalue weighted by molar-refractivity contribution is 0.169. The van der Waals surface area contributed by atoms with Crippen molar-refractivity contribution < 1.29 is 10.2 Å². The summed E-state index contributed by atoms with van der Waals surface area (Å²) in [6, 6.07) is 15.6. The number of imidazole rings is 1. The number of aromatic nitrogens is 4. The van der Waals surface area contributed by atoms with Gasteiger partial charge in [-0.2, -0.15) is 9.97 Å². The van der Waals surface area contributed by atoms with Gasteiger partial charge in [-0.3, -0.25) is 0 Å². The molecule has 0 spiro atoms. The molecule has 2 aromatic carbocycles. The summed E-state index contributed by atoms with van der Waals surface area (Å²) in [7, 11) is 0. The van der Waals surface area contributed by atoms with E-state index < -0.39 is 6.10 Å². The lowest BCUT2D eigenvalue weighted by atomic mass is 10.1. The lowest BCUT2D eigenvalue weighted by Crippen LogP contribution is -2.31. The molecule has 2 aromatic heterocycles. The van der Waals surface area contributed by atoms with Crippen LogP contribution in [0.25, 0.3) is 11.2 Å². The maximum Gasteiger partial charge on any atom is 0.227 e. The number of nitrogens with zero attached hydrogens (tertiary/aromatic N) is 4. The van der Waals surface area contributed by atoms with E-state index in [0.717, 1.165) is 23.1 Å². The number of aliphatic hydroxyl groups excluding tert-OH is 1. The molecule has 0 bridgehead atoms. The largest absolute Gasteiger partial charge is 0.507 e. The summed E-state index contributed by atoms with van der Waals surface area (Å²) < 4.78 is 1.98. The SMILES string of the molecule is CCC(Nc1nc(NCc2cccc(C)c2O)c2ncn(Cc3ccccc3)c2n1)C(C)O. The van der Waals surface area contributed by atoms with Crippen molar-refractivity contribution in [3.05, 3.63) is 71.5 Å². The number of nitrogens with one attached hydrogen (secondary N) is 2. The van der Waals surface area contributed by atoms with Crippen LogP contribution in [0.3, 0.4) is 0 Å². The Morgan fingerprint density at radius 3 is 2.58 bits per heavy atom. The second-order valence-electron chi connectivity index (χ2n) is 8.26. The van der Waals surface area contributed by atoms with E-state index in [2.05, 4.69) is 32.7 Å². The van der Waals surface area contributed by atoms with Gasteiger partial charge in [-0.15, -0.1) is 0 Å². The third-order valence-corrected chi connectivity index (χ3v) is 5.76. The maximum absolute atomic E-state index is 10.4. The van der Waals surface area contributed by atoms with Crippen LogP contribution in [-0.2, 0) is 13.1 Å². The van der Waals surface area contributed by atoms with E-state index in [4.69, 9.17) is 4.98 Å². The number of rotatable bonds is 9. The van der Waals surface area contributed by atoms with Crippen molar-refractivity contribution in [2.45, 2.75) is 52.4 Å². The topological polar surface area (TPSA) is 108 Å². The van der Waals surface area contributed by atoms with E-state index in [9.17, 15) is 10.2 Å². The average Bonchev–Trinajstić information content (AvgIpc) is 3.21. The standard InChI is InChI=1S/C25H30N6O2/c1-4-20(17(3)32)28-25-29-23(26-13-19-12-8-9-16(2)22(19)33)21-24(30-25)31(15-27-21)14-18-10-6-5-7-11-18/h5-12,15,17,20,32-33H,4,13-14H2,1-3H3,(H2,26,28,29,30). The zero-order valence-corrected chi connectivity index (χ0v) is 19.2. The minimum Gasteiger partial charge on any atom is -0.507 e. The molecule has 0 aliphatic heterocycles. The highest BCUT2D eigenvalue weighted by molar-refractivity contribution is 5.84. The predicted octanol–water partition coefficient (Wildman–Crippen LogP) is 4.07. The maximum atomic E-state index is 10.4. The average molecular weight is 447 g/mol. The van der Waals surface area contributed by atoms with Gasteiger partial charge >= 0.3 is 0 Å². The number of anilines is 2. The summed E-state index contributed by atoms with van der Waals surface area (Å²) in [5, 5.41) is 27.1. The predicted molar refractivity (Wildman–Crippen MR) is 130 cm³/mol. The molecule has 2 atom stereocenters. The first kappa shape index (κ1) is 22.5. The normalized spacial score (nSPS) is 13.1. The van der Waals surface area contributed by atoms with Gasteiger partial charge in [-0.25, -0.2) is 4.98 Å². The summed E-state index contributed by atoms with van der Waals surface area (Å²) in [4.78, 5) is 14.0. The zero-order chi connectivity index (χ0) is 23.4. The summed E-state index contributed by atoms with van der Waals surface area (Å²) in [6.45, 7) is 6.63. The Balaban J connectivity index is 1.71. The van der Waals surface area contributed by atoms with E-state index in [1.165, 1.54) is 0 Å². The second kappa shape index (κ2) is 9.87. The second-order valence-corrected chi connectivity index (χ2v) is 8.26. The van der Waals surface area contributed by atoms with Crippen LogP contribution in [0.5, 0.6) is 5.75 Å². The fourth-order valence-electron chi connectivity index (χ4n) is 3.80. The van der Waals surface area contributed by atoms with Crippen molar-refractivity contribution >= 4 is 22.9 Å². The van der Waals surface area contributed by atoms with E-state index in [1.807, 2.05) is 54.8 Å². The molecule has 2 unspecified atom stereocenters. The number of phenols is 1. The van der Waals surface area contributed by atoms with Crippen LogP contribution < -0.4 is 10.6 Å². The highest BCUT2D eigenvalue weighted by Gasteiger charge is 2.18. The molecule has 8 heteroatoms. The number of phenolic OH excluding ortho intramolecular Hbond substituents is 1. The Morgan fingerprint density at radius 1 is 1.06 bits per heavy atom. The summed E-state index contributed by atoms with van der Waals surface area (Å²) in [5.74, 6) is 1.25. The molecule has 0 saturated carbocycles. The van der Waals surface area contributed by atoms with Crippen LogP contribution in [0, 0.1) is 6.92 Å². The quantitative estimate of drug-likeness (QED) is 0.307. The highest BCUT2D eigenvalue weighted by atomic mass is 16.3. The first-order valence-corrected chi connectivity index (χ1v) is 11.2. The fourth-order valence-corrected chi connectivity index (χ4v) is 3.80. The Kier molecular flexibility index (Phi) is 6.74. The smallest absolute Gasteiger partial charge is 0.227 e. The van der Waals surface area contributed by atoms with Crippen LogP contribution >= 0.6 is 0 Å². The molecule has 0 saturated heterocycles. The zero-order valence-electron chi connectivity index (χ0n) is 19.2. The molecule has 0 aliphatic carbocycles. The van der Waals surface area contributed by atoms with Crippen LogP contribution in [-0.4, -0.2) is 41.9 Å². The van der Waals surface area contributed by atoms with Crippen molar-refractivity contribution in [3.8, 4) is 5.75 Å². The monoisotopic (exact) mass is 446 g/mol. The number of hydrogen-bond acceptors (Lipinski definition) is 7. The Labute approximate surface area is 193 Å². The molecule has 4 aromatic rings. The van der Waals surface area contributed by atoms with Crippen molar-refractivity contribution in [3.63, 3.8) is 0 Å². The number of aliphatic hydroxyl groups is 1. The first-order valence-electron chi connectivity index (χ1n) is 11.2. The molecule has 172 valence electrons. The Bertz CT molecular complexity index is 1220. The van der Waals surface area contributed by atoms with Gasteiger partial charge in [-0.05, 0) is 31.4 Å². The van der Waals surface area contributed by atoms with E-state index in [-0.39, 0.29) is 11.8 Å². The molecule has 33 heavy (non-hydrogen) atoms. The van der Waals surface area contributed by atoms with Gasteiger partial charge < -0.3 is 25.4 Å². The first-order chi connectivity index (χ1) is 16.0. The minimum atomic E-state index is -0.552. The van der Waals surface area contributed by atoms with Crippen molar-refractivity contribution in [1.29, 1.82) is 0 Å². The highest BCUT2D eigenvalue weighted by Crippen LogP contribution is 2.26. The molecule has 0 radical (unpaired) electrons. The number of aromatic hydroxyl groups is 1. The molecule has 2 heterocycles. The van der Waals surface area contributed by atoms with Crippen molar-refractivity contribution in [2.75, 3.05) is 10.6 Å². The molecule has 0 aliphatic rings. The van der Waals surface area contributed by atoms with Gasteiger partial charge in [0.1, 0.15) is 5.75 Å². The third kappa shape index (κ3) is 5.06. The summed E-state index contributed by atoms with van der Waals surface area (Å²) >= 11 is 0. The summed E-state index contributed by atoms with van der Waals surface area (Å²) in [6.07, 6.45) is 1.93. The van der Waals surface area contributed by atoms with E-state index in [0.29, 0.717) is 36.0 Å². The Hall–Kier alpha value is -3.65. The number of benzene rings is 2. The molecule has 8 nitrogen and oxygen atoms in total. The molecular formula is C25H30N6O2. The minimum absolute atomic E-state index is 0.179. The van der Waals surface area contributed by atoms with Crippen LogP contribution in [0.15, 0.2) is 54.9 Å². The fraction of sp³-hybridized carbons (Fsp3) is 0.320. The molecular weight excluding hydrogens is 416 g/mol. The van der Waals surface area contributed by atoms with Gasteiger partial charge in [0, 0.05) is 12.1 Å². The molecule has 0 fully saturated rings. The number of aryl methyl sites for hydroxylation is 1. The molecule has 4 N–H and O–H groups in total. The van der Waals surface area contributed by atoms with Gasteiger partial charge in [0.2, 0.25) is 5.95 Å². The Morgan fingerprint density at radius 2 is 1.85 bits per heavy atom. The number of fused-ring (bicyclic) bond motifs is 1. The van der Waals surface area contributed by atoms with Gasteiger partial charge in [0.15, 0.2) is 17.0 Å². The van der Waals surface area contributed by atoms with Crippen LogP contribution in [0.1, 0.15) is 37.0 Å². The number of hydrogen-bond donors (Lipinski definition) is 4. The summed E-state index contributed by atoms with van der Waals surface area (Å²) in [5.41, 5.74) is 4.07. The van der Waals surface area contributed by atoms with Crippen LogP contribution in [0.2, 0.25) is 0 Å². The van der Waals surface area contributed by atoms with Crippen LogP contribution in [0.4, 0.5) is 11.8 Å². The van der Waals surface area contributed by atoms with Crippen molar-refractivity contribution in [1.82, 2.24) is 19.5 Å².